The molecule has 1 N–H and O–H groups in total. The summed E-state index contributed by atoms with van der Waals surface area (Å²) >= 11 is 1.70. The molecule has 0 atom stereocenters. The molecule has 23 heavy (non-hydrogen) atoms. The average Bonchev–Trinajstić information content (AvgIpc) is 2.97. The first-order valence-corrected chi connectivity index (χ1v) is 8.52. The highest BCUT2D eigenvalue weighted by atomic mass is 32.1. The lowest BCUT2D eigenvalue weighted by molar-refractivity contribution is 0.594. The maximum Gasteiger partial charge on any atom is 0.103 e. The normalized spacial score (nSPS) is 11.4. The standard InChI is InChI=1S/C20H20N2S/c1-20(2,3)15-10-11-16-17(15)18(22-4)14(12-21)19(23-16)13-8-6-5-7-9-13/h5-11,22H,1-4H3. The number of hydrogen-bond donors (Lipinski definition) is 1. The van der Waals surface area contributed by atoms with Gasteiger partial charge in [-0.05, 0) is 22.6 Å². The van der Waals surface area contributed by atoms with Crippen molar-refractivity contribution in [3.05, 3.63) is 53.6 Å². The lowest BCUT2D eigenvalue weighted by Gasteiger charge is -2.23. The van der Waals surface area contributed by atoms with E-state index in [-0.39, 0.29) is 5.41 Å². The maximum atomic E-state index is 9.80. The molecule has 1 aliphatic carbocycles. The van der Waals surface area contributed by atoms with Crippen molar-refractivity contribution in [2.24, 2.45) is 0 Å². The van der Waals surface area contributed by atoms with Gasteiger partial charge in [-0.2, -0.15) is 5.26 Å². The topological polar surface area (TPSA) is 35.8 Å². The van der Waals surface area contributed by atoms with Gasteiger partial charge in [0.1, 0.15) is 6.07 Å². The third-order valence-electron chi connectivity index (χ3n) is 4.06. The number of fused-ring (bicyclic) bond motifs is 1. The first kappa shape index (κ1) is 15.6. The van der Waals surface area contributed by atoms with Gasteiger partial charge in [-0.15, -0.1) is 11.3 Å². The van der Waals surface area contributed by atoms with Crippen LogP contribution in [0.15, 0.2) is 42.5 Å². The summed E-state index contributed by atoms with van der Waals surface area (Å²) in [5, 5.41) is 13.1. The lowest BCUT2D eigenvalue weighted by atomic mass is 9.85. The van der Waals surface area contributed by atoms with Crippen molar-refractivity contribution in [3.8, 4) is 27.0 Å². The number of nitrogens with zero attached hydrogens (tertiary/aromatic N) is 1. The van der Waals surface area contributed by atoms with Gasteiger partial charge in [-0.1, -0.05) is 57.2 Å². The first-order valence-electron chi connectivity index (χ1n) is 7.70. The van der Waals surface area contributed by atoms with Crippen LogP contribution in [-0.4, -0.2) is 7.05 Å². The van der Waals surface area contributed by atoms with E-state index in [1.165, 1.54) is 16.0 Å². The predicted molar refractivity (Wildman–Crippen MR) is 99.3 cm³/mol. The fraction of sp³-hybridized carbons (Fsp3) is 0.250. The number of rotatable bonds is 2. The van der Waals surface area contributed by atoms with Gasteiger partial charge >= 0.3 is 0 Å². The van der Waals surface area contributed by atoms with Crippen molar-refractivity contribution in [3.63, 3.8) is 0 Å². The molecule has 0 radical (unpaired) electrons. The van der Waals surface area contributed by atoms with Crippen LogP contribution in [0, 0.1) is 11.3 Å². The van der Waals surface area contributed by atoms with Crippen LogP contribution in [0.4, 0.5) is 5.69 Å². The molecule has 2 aliphatic rings. The largest absolute Gasteiger partial charge is 0.386 e. The van der Waals surface area contributed by atoms with E-state index in [1.54, 1.807) is 11.3 Å². The summed E-state index contributed by atoms with van der Waals surface area (Å²) in [5.41, 5.74) is 5.26. The van der Waals surface area contributed by atoms with Gasteiger partial charge in [0.05, 0.1) is 16.1 Å². The van der Waals surface area contributed by atoms with Crippen molar-refractivity contribution in [2.75, 3.05) is 12.4 Å². The van der Waals surface area contributed by atoms with E-state index in [1.807, 2.05) is 25.2 Å². The fourth-order valence-corrected chi connectivity index (χ4v) is 4.15. The maximum absolute atomic E-state index is 9.80. The highest BCUT2D eigenvalue weighted by Gasteiger charge is 2.27. The Bertz CT molecular complexity index is 848. The van der Waals surface area contributed by atoms with Crippen molar-refractivity contribution >= 4 is 17.0 Å². The van der Waals surface area contributed by atoms with Crippen LogP contribution in [0.1, 0.15) is 31.9 Å². The minimum atomic E-state index is 0.0427. The Kier molecular flexibility index (Phi) is 3.87. The monoisotopic (exact) mass is 320 g/mol. The lowest BCUT2D eigenvalue weighted by Crippen LogP contribution is -2.12. The van der Waals surface area contributed by atoms with Crippen LogP contribution in [0.25, 0.3) is 20.9 Å². The Balaban J connectivity index is 2.38. The Morgan fingerprint density at radius 1 is 1.04 bits per heavy atom. The highest BCUT2D eigenvalue weighted by Crippen LogP contribution is 2.48. The summed E-state index contributed by atoms with van der Waals surface area (Å²) in [6.07, 6.45) is 0. The van der Waals surface area contributed by atoms with Gasteiger partial charge in [0.25, 0.3) is 0 Å². The summed E-state index contributed by atoms with van der Waals surface area (Å²) in [5.74, 6) is 0. The van der Waals surface area contributed by atoms with Crippen LogP contribution in [0.5, 0.6) is 0 Å². The molecule has 0 aromatic heterocycles. The molecule has 116 valence electrons. The van der Waals surface area contributed by atoms with Crippen LogP contribution in [-0.2, 0) is 5.41 Å². The second kappa shape index (κ2) is 5.72. The van der Waals surface area contributed by atoms with Gasteiger partial charge in [0, 0.05) is 17.5 Å². The minimum Gasteiger partial charge on any atom is -0.386 e. The van der Waals surface area contributed by atoms with E-state index in [0.29, 0.717) is 0 Å². The molecular formula is C20H20N2S. The zero-order chi connectivity index (χ0) is 16.6. The van der Waals surface area contributed by atoms with Crippen molar-refractivity contribution in [1.29, 1.82) is 5.26 Å². The van der Waals surface area contributed by atoms with Gasteiger partial charge < -0.3 is 5.32 Å². The molecule has 1 aromatic carbocycles. The number of anilines is 1. The minimum absolute atomic E-state index is 0.0427. The van der Waals surface area contributed by atoms with E-state index < -0.39 is 0 Å². The third kappa shape index (κ3) is 2.60. The molecule has 0 spiro atoms. The Hall–Kier alpha value is -2.31. The van der Waals surface area contributed by atoms with E-state index in [2.05, 4.69) is 56.4 Å². The van der Waals surface area contributed by atoms with Crippen molar-refractivity contribution in [1.82, 2.24) is 0 Å². The van der Waals surface area contributed by atoms with Crippen molar-refractivity contribution in [2.45, 2.75) is 26.2 Å². The molecule has 2 nitrogen and oxygen atoms in total. The third-order valence-corrected chi connectivity index (χ3v) is 5.27. The number of nitrogens with one attached hydrogen (secondary N) is 1. The summed E-state index contributed by atoms with van der Waals surface area (Å²) in [4.78, 5) is 2.24. The molecule has 1 aliphatic heterocycles. The molecule has 1 aromatic rings. The molecule has 0 amide bonds. The SMILES string of the molecule is CNc1c(C#N)c(-c2ccccc2)sc2ccc(C(C)(C)C)c1-2. The fourth-order valence-electron chi connectivity index (χ4n) is 2.98. The smallest absolute Gasteiger partial charge is 0.103 e. The Labute approximate surface area is 141 Å². The molecule has 3 heteroatoms. The number of benzene rings is 1. The van der Waals surface area contributed by atoms with E-state index >= 15 is 0 Å². The van der Waals surface area contributed by atoms with Crippen molar-refractivity contribution < 1.29 is 0 Å². The second-order valence-electron chi connectivity index (χ2n) is 6.65. The molecule has 3 rings (SSSR count). The summed E-state index contributed by atoms with van der Waals surface area (Å²) in [6, 6.07) is 16.9. The first-order chi connectivity index (χ1) is 11.0. The molecule has 0 unspecified atom stereocenters. The zero-order valence-corrected chi connectivity index (χ0v) is 14.7. The highest BCUT2D eigenvalue weighted by molar-refractivity contribution is 7.19. The van der Waals surface area contributed by atoms with Gasteiger partial charge in [0.15, 0.2) is 0 Å². The van der Waals surface area contributed by atoms with Crippen LogP contribution in [0.2, 0.25) is 0 Å². The van der Waals surface area contributed by atoms with Gasteiger partial charge in [0.2, 0.25) is 0 Å². The molecule has 0 saturated carbocycles. The molecule has 0 bridgehead atoms. The van der Waals surface area contributed by atoms with Gasteiger partial charge in [-0.3, -0.25) is 0 Å². The quantitative estimate of drug-likeness (QED) is 0.654. The number of nitriles is 1. The molecule has 1 heterocycles. The van der Waals surface area contributed by atoms with Crippen LogP contribution in [0.3, 0.4) is 0 Å². The molecule has 0 saturated heterocycles. The zero-order valence-electron chi connectivity index (χ0n) is 13.9. The van der Waals surface area contributed by atoms with E-state index in [0.717, 1.165) is 21.7 Å². The second-order valence-corrected chi connectivity index (χ2v) is 7.70. The number of hydrogen-bond acceptors (Lipinski definition) is 3. The van der Waals surface area contributed by atoms with E-state index in [4.69, 9.17) is 0 Å². The van der Waals surface area contributed by atoms with Crippen LogP contribution < -0.4 is 5.32 Å². The van der Waals surface area contributed by atoms with Gasteiger partial charge in [-0.25, -0.2) is 0 Å². The summed E-state index contributed by atoms with van der Waals surface area (Å²) in [6.45, 7) is 6.63. The Morgan fingerprint density at radius 2 is 1.74 bits per heavy atom. The Morgan fingerprint density at radius 3 is 2.30 bits per heavy atom. The average molecular weight is 320 g/mol. The molecule has 0 fully saturated rings. The van der Waals surface area contributed by atoms with E-state index in [9.17, 15) is 5.26 Å². The summed E-state index contributed by atoms with van der Waals surface area (Å²) in [7, 11) is 1.90. The summed E-state index contributed by atoms with van der Waals surface area (Å²) < 4.78 is 0. The van der Waals surface area contributed by atoms with Crippen LogP contribution >= 0.6 is 11.3 Å². The molecular weight excluding hydrogens is 300 g/mol. The predicted octanol–water partition coefficient (Wildman–Crippen LogP) is 5.73.